The normalized spacial score (nSPS) is 15.0. The van der Waals surface area contributed by atoms with Gasteiger partial charge in [0.15, 0.2) is 6.61 Å². The van der Waals surface area contributed by atoms with Crippen LogP contribution in [-0.4, -0.2) is 52.3 Å². The van der Waals surface area contributed by atoms with E-state index in [-0.39, 0.29) is 5.78 Å². The number of amides is 3. The van der Waals surface area contributed by atoms with E-state index in [4.69, 9.17) is 4.74 Å². The number of esters is 1. The number of ketones is 1. The van der Waals surface area contributed by atoms with E-state index in [2.05, 4.69) is 10.3 Å². The molecule has 0 saturated carbocycles. The highest BCUT2D eigenvalue weighted by Gasteiger charge is 2.49. The predicted molar refractivity (Wildman–Crippen MR) is 123 cm³/mol. The molecule has 3 aromatic rings. The summed E-state index contributed by atoms with van der Waals surface area (Å²) in [4.78, 5) is 54.6. The van der Waals surface area contributed by atoms with E-state index in [0.717, 1.165) is 21.4 Å². The van der Waals surface area contributed by atoms with Crippen LogP contribution in [0.5, 0.6) is 0 Å². The summed E-state index contributed by atoms with van der Waals surface area (Å²) >= 11 is 0. The highest BCUT2D eigenvalue weighted by molar-refractivity contribution is 6.14. The standard InChI is InChI=1S/C25H25N3O5/c1-3-25(4-2)23(31)28(24(32)27-25)14-20(30)33-15-19(29)21-17-12-8-9-13-18(17)26-22(21)16-10-6-5-7-11-16/h5-13,26H,3-4,14-15H2,1-2H3,(H,27,32). The number of aromatic amines is 1. The maximum Gasteiger partial charge on any atom is 0.326 e. The van der Waals surface area contributed by atoms with E-state index in [1.807, 2.05) is 54.6 Å². The van der Waals surface area contributed by atoms with E-state index in [9.17, 15) is 19.2 Å². The van der Waals surface area contributed by atoms with Crippen LogP contribution in [0.3, 0.4) is 0 Å². The van der Waals surface area contributed by atoms with E-state index < -0.39 is 36.6 Å². The molecule has 0 spiro atoms. The molecule has 0 bridgehead atoms. The van der Waals surface area contributed by atoms with Crippen molar-refractivity contribution in [3.05, 3.63) is 60.2 Å². The van der Waals surface area contributed by atoms with Gasteiger partial charge in [0.25, 0.3) is 5.91 Å². The van der Waals surface area contributed by atoms with Gasteiger partial charge in [-0.15, -0.1) is 0 Å². The Morgan fingerprint density at radius 1 is 0.970 bits per heavy atom. The average Bonchev–Trinajstić information content (AvgIpc) is 3.34. The number of nitrogens with one attached hydrogen (secondary N) is 2. The summed E-state index contributed by atoms with van der Waals surface area (Å²) in [6, 6.07) is 16.2. The molecule has 3 amide bonds. The number of rotatable bonds is 8. The van der Waals surface area contributed by atoms with Gasteiger partial charge in [0.1, 0.15) is 12.1 Å². The third-order valence-electron chi connectivity index (χ3n) is 6.15. The van der Waals surface area contributed by atoms with Gasteiger partial charge < -0.3 is 15.0 Å². The van der Waals surface area contributed by atoms with Crippen LogP contribution in [0, 0.1) is 0 Å². The number of H-pyrrole nitrogens is 1. The number of para-hydroxylation sites is 1. The van der Waals surface area contributed by atoms with Gasteiger partial charge in [-0.1, -0.05) is 62.4 Å². The predicted octanol–water partition coefficient (Wildman–Crippen LogP) is 3.67. The van der Waals surface area contributed by atoms with Crippen molar-refractivity contribution in [3.63, 3.8) is 0 Å². The molecule has 170 valence electrons. The van der Waals surface area contributed by atoms with E-state index >= 15 is 0 Å². The minimum atomic E-state index is -0.998. The monoisotopic (exact) mass is 447 g/mol. The molecule has 0 unspecified atom stereocenters. The van der Waals surface area contributed by atoms with Crippen molar-refractivity contribution in [2.75, 3.05) is 13.2 Å². The number of hydrogen-bond acceptors (Lipinski definition) is 5. The lowest BCUT2D eigenvalue weighted by molar-refractivity contribution is -0.146. The van der Waals surface area contributed by atoms with Crippen molar-refractivity contribution in [2.24, 2.45) is 0 Å². The molecule has 0 aliphatic carbocycles. The van der Waals surface area contributed by atoms with Crippen LogP contribution in [-0.2, 0) is 14.3 Å². The molecule has 2 aromatic carbocycles. The fourth-order valence-electron chi connectivity index (χ4n) is 4.19. The fourth-order valence-corrected chi connectivity index (χ4v) is 4.19. The minimum Gasteiger partial charge on any atom is -0.456 e. The first kappa shape index (κ1) is 22.3. The van der Waals surface area contributed by atoms with Gasteiger partial charge in [0, 0.05) is 10.9 Å². The Hall–Kier alpha value is -3.94. The average molecular weight is 447 g/mol. The molecule has 0 atom stereocenters. The maximum absolute atomic E-state index is 13.1. The van der Waals surface area contributed by atoms with Gasteiger partial charge in [-0.3, -0.25) is 19.3 Å². The van der Waals surface area contributed by atoms with Gasteiger partial charge in [0.05, 0.1) is 11.3 Å². The first-order valence-electron chi connectivity index (χ1n) is 10.9. The smallest absolute Gasteiger partial charge is 0.326 e. The van der Waals surface area contributed by atoms with Crippen LogP contribution in [0.25, 0.3) is 22.2 Å². The summed E-state index contributed by atoms with van der Waals surface area (Å²) < 4.78 is 5.19. The molecule has 2 N–H and O–H groups in total. The topological polar surface area (TPSA) is 109 Å². The maximum atomic E-state index is 13.1. The summed E-state index contributed by atoms with van der Waals surface area (Å²) in [6.07, 6.45) is 0.835. The van der Waals surface area contributed by atoms with Crippen molar-refractivity contribution < 1.29 is 23.9 Å². The zero-order valence-corrected chi connectivity index (χ0v) is 18.5. The number of ether oxygens (including phenoxy) is 1. The van der Waals surface area contributed by atoms with Crippen LogP contribution >= 0.6 is 0 Å². The highest BCUT2D eigenvalue weighted by Crippen LogP contribution is 2.31. The molecule has 2 heterocycles. The Morgan fingerprint density at radius 3 is 2.30 bits per heavy atom. The van der Waals surface area contributed by atoms with E-state index in [1.54, 1.807) is 13.8 Å². The molecule has 8 nitrogen and oxygen atoms in total. The molecule has 4 rings (SSSR count). The number of aromatic nitrogens is 1. The van der Waals surface area contributed by atoms with E-state index in [1.165, 1.54) is 0 Å². The number of benzene rings is 2. The van der Waals surface area contributed by atoms with Crippen molar-refractivity contribution in [1.29, 1.82) is 0 Å². The summed E-state index contributed by atoms with van der Waals surface area (Å²) in [6.45, 7) is 2.55. The quantitative estimate of drug-likeness (QED) is 0.311. The number of hydrogen-bond donors (Lipinski definition) is 2. The molecule has 1 aromatic heterocycles. The molecular formula is C25H25N3O5. The van der Waals surface area contributed by atoms with Crippen molar-refractivity contribution in [1.82, 2.24) is 15.2 Å². The number of carbonyl (C=O) groups is 4. The first-order chi connectivity index (χ1) is 15.9. The molecule has 8 heteroatoms. The number of Topliss-reactive ketones (excluding diaryl/α,β-unsaturated/α-hetero) is 1. The number of imide groups is 1. The summed E-state index contributed by atoms with van der Waals surface area (Å²) in [7, 11) is 0. The van der Waals surface area contributed by atoms with Crippen LogP contribution in [0.2, 0.25) is 0 Å². The molecule has 1 fully saturated rings. The van der Waals surface area contributed by atoms with Gasteiger partial charge >= 0.3 is 12.0 Å². The zero-order chi connectivity index (χ0) is 23.6. The number of nitrogens with zero attached hydrogens (tertiary/aromatic N) is 1. The Labute approximate surface area is 190 Å². The molecule has 1 aliphatic heterocycles. The van der Waals surface area contributed by atoms with Crippen molar-refractivity contribution in [3.8, 4) is 11.3 Å². The van der Waals surface area contributed by atoms with E-state index in [0.29, 0.717) is 24.1 Å². The number of fused-ring (bicyclic) bond motifs is 1. The molecule has 1 saturated heterocycles. The zero-order valence-electron chi connectivity index (χ0n) is 18.5. The largest absolute Gasteiger partial charge is 0.456 e. The van der Waals surface area contributed by atoms with Crippen molar-refractivity contribution in [2.45, 2.75) is 32.2 Å². The lowest BCUT2D eigenvalue weighted by atomic mass is 9.93. The highest BCUT2D eigenvalue weighted by atomic mass is 16.5. The Morgan fingerprint density at radius 2 is 1.64 bits per heavy atom. The molecular weight excluding hydrogens is 422 g/mol. The van der Waals surface area contributed by atoms with Gasteiger partial charge in [-0.25, -0.2) is 4.79 Å². The number of carbonyl (C=O) groups excluding carboxylic acids is 4. The minimum absolute atomic E-state index is 0.381. The van der Waals surface area contributed by atoms with Crippen molar-refractivity contribution >= 4 is 34.6 Å². The second kappa shape index (κ2) is 8.90. The third-order valence-corrected chi connectivity index (χ3v) is 6.15. The molecule has 33 heavy (non-hydrogen) atoms. The third kappa shape index (κ3) is 4.00. The van der Waals surface area contributed by atoms with Gasteiger partial charge in [-0.2, -0.15) is 0 Å². The van der Waals surface area contributed by atoms with Crippen LogP contribution in [0.15, 0.2) is 54.6 Å². The fraction of sp³-hybridized carbons (Fsp3) is 0.280. The van der Waals surface area contributed by atoms with Crippen LogP contribution in [0.1, 0.15) is 37.0 Å². The Balaban J connectivity index is 1.50. The van der Waals surface area contributed by atoms with Gasteiger partial charge in [-0.05, 0) is 24.5 Å². The Kier molecular flexibility index (Phi) is 6.00. The molecule has 0 radical (unpaired) electrons. The second-order valence-corrected chi connectivity index (χ2v) is 7.98. The summed E-state index contributed by atoms with van der Waals surface area (Å²) in [5.74, 6) is -1.66. The SMILES string of the molecule is CCC1(CC)NC(=O)N(CC(=O)OCC(=O)c2c(-c3ccccc3)[nH]c3ccccc23)C1=O. The summed E-state index contributed by atoms with van der Waals surface area (Å²) in [5, 5.41) is 3.39. The lowest BCUT2D eigenvalue weighted by Crippen LogP contribution is -2.46. The van der Waals surface area contributed by atoms with Gasteiger partial charge in [0.2, 0.25) is 5.78 Å². The summed E-state index contributed by atoms with van der Waals surface area (Å²) in [5.41, 5.74) is 1.69. The number of urea groups is 1. The second-order valence-electron chi connectivity index (χ2n) is 7.98. The molecule has 1 aliphatic rings. The lowest BCUT2D eigenvalue weighted by Gasteiger charge is -2.22. The van der Waals surface area contributed by atoms with Crippen LogP contribution in [0.4, 0.5) is 4.79 Å². The first-order valence-corrected chi connectivity index (χ1v) is 10.9. The van der Waals surface area contributed by atoms with Crippen LogP contribution < -0.4 is 5.32 Å². The Bertz CT molecular complexity index is 1230.